The molecule has 1 aliphatic rings. The van der Waals surface area contributed by atoms with Crippen molar-refractivity contribution in [3.05, 3.63) is 0 Å². The Labute approximate surface area is 80.0 Å². The first-order chi connectivity index (χ1) is 6.38. The van der Waals surface area contributed by atoms with E-state index in [1.54, 1.807) is 0 Å². The molecule has 0 spiro atoms. The predicted molar refractivity (Wildman–Crippen MR) is 52.7 cm³/mol. The van der Waals surface area contributed by atoms with Gasteiger partial charge in [-0.25, -0.2) is 0 Å². The minimum Gasteiger partial charge on any atom is -0.381 e. The van der Waals surface area contributed by atoms with Crippen LogP contribution in [0.25, 0.3) is 0 Å². The number of hydrazine groups is 1. The normalized spacial score (nSPS) is 24.6. The Morgan fingerprint density at radius 2 is 2.54 bits per heavy atom. The molecule has 0 aromatic rings. The zero-order valence-corrected chi connectivity index (χ0v) is 8.18. The van der Waals surface area contributed by atoms with E-state index in [1.807, 2.05) is 6.92 Å². The van der Waals surface area contributed by atoms with Crippen LogP contribution in [0.1, 0.15) is 26.2 Å². The van der Waals surface area contributed by atoms with Crippen LogP contribution < -0.4 is 11.3 Å². The third kappa shape index (κ3) is 3.35. The molecular formula is C10H18N2O. The Kier molecular flexibility index (Phi) is 4.84. The van der Waals surface area contributed by atoms with Gasteiger partial charge in [0.25, 0.3) is 0 Å². The fraction of sp³-hybridized carbons (Fsp3) is 0.800. The molecule has 0 aromatic heterocycles. The van der Waals surface area contributed by atoms with Crippen LogP contribution in [0.3, 0.4) is 0 Å². The molecule has 1 saturated heterocycles. The summed E-state index contributed by atoms with van der Waals surface area (Å²) in [7, 11) is 0. The van der Waals surface area contributed by atoms with E-state index in [-0.39, 0.29) is 6.04 Å². The topological polar surface area (TPSA) is 47.3 Å². The lowest BCUT2D eigenvalue weighted by atomic mass is 9.92. The summed E-state index contributed by atoms with van der Waals surface area (Å²) in [6.07, 6.45) is 3.16. The van der Waals surface area contributed by atoms with Crippen molar-refractivity contribution in [1.82, 2.24) is 5.43 Å². The van der Waals surface area contributed by atoms with E-state index in [0.717, 1.165) is 26.1 Å². The van der Waals surface area contributed by atoms with Crippen LogP contribution in [0.5, 0.6) is 0 Å². The highest BCUT2D eigenvalue weighted by molar-refractivity contribution is 4.99. The molecule has 3 heteroatoms. The van der Waals surface area contributed by atoms with Crippen molar-refractivity contribution < 1.29 is 4.74 Å². The summed E-state index contributed by atoms with van der Waals surface area (Å²) < 4.78 is 5.40. The maximum absolute atomic E-state index is 5.47. The fourth-order valence-electron chi connectivity index (χ4n) is 1.66. The van der Waals surface area contributed by atoms with Crippen molar-refractivity contribution in [2.24, 2.45) is 11.8 Å². The number of nitrogens with two attached hydrogens (primary N) is 1. The van der Waals surface area contributed by atoms with E-state index < -0.39 is 0 Å². The molecule has 13 heavy (non-hydrogen) atoms. The van der Waals surface area contributed by atoms with E-state index in [9.17, 15) is 0 Å². The summed E-state index contributed by atoms with van der Waals surface area (Å²) in [6, 6.07) is 0.285. The first-order valence-corrected chi connectivity index (χ1v) is 4.82. The van der Waals surface area contributed by atoms with E-state index >= 15 is 0 Å². The Balaban J connectivity index is 2.37. The highest BCUT2D eigenvalue weighted by atomic mass is 16.5. The summed E-state index contributed by atoms with van der Waals surface area (Å²) >= 11 is 0. The van der Waals surface area contributed by atoms with Crippen LogP contribution in [0, 0.1) is 17.8 Å². The molecule has 1 aliphatic heterocycles. The lowest BCUT2D eigenvalue weighted by molar-refractivity contribution is 0.0400. The standard InChI is InChI=1S/C10H18N2O/c1-2-3-6-10(12-11)9-5-4-7-13-8-9/h9-10,12H,4-8,11H2,1H3. The van der Waals surface area contributed by atoms with Crippen LogP contribution in [0.4, 0.5) is 0 Å². The zero-order valence-electron chi connectivity index (χ0n) is 8.18. The summed E-state index contributed by atoms with van der Waals surface area (Å²) in [4.78, 5) is 0. The van der Waals surface area contributed by atoms with Gasteiger partial charge in [-0.05, 0) is 25.7 Å². The third-order valence-corrected chi connectivity index (χ3v) is 2.48. The quantitative estimate of drug-likeness (QED) is 0.383. The summed E-state index contributed by atoms with van der Waals surface area (Å²) in [6.45, 7) is 3.57. The minimum atomic E-state index is 0.285. The molecule has 0 aromatic carbocycles. The average Bonchev–Trinajstić information content (AvgIpc) is 2.21. The summed E-state index contributed by atoms with van der Waals surface area (Å²) in [5, 5.41) is 0. The van der Waals surface area contributed by atoms with Gasteiger partial charge in [0.05, 0.1) is 6.61 Å². The number of rotatable bonds is 3. The molecule has 2 atom stereocenters. The average molecular weight is 182 g/mol. The third-order valence-electron chi connectivity index (χ3n) is 2.48. The fourth-order valence-corrected chi connectivity index (χ4v) is 1.66. The highest BCUT2D eigenvalue weighted by Gasteiger charge is 2.22. The Hall–Kier alpha value is -0.560. The van der Waals surface area contributed by atoms with Crippen molar-refractivity contribution in [2.75, 3.05) is 13.2 Å². The van der Waals surface area contributed by atoms with Crippen molar-refractivity contribution in [3.8, 4) is 11.8 Å². The maximum atomic E-state index is 5.47. The molecule has 74 valence electrons. The molecule has 2 unspecified atom stereocenters. The Morgan fingerprint density at radius 1 is 1.69 bits per heavy atom. The van der Waals surface area contributed by atoms with Crippen molar-refractivity contribution in [1.29, 1.82) is 0 Å². The molecule has 3 N–H and O–H groups in total. The lowest BCUT2D eigenvalue weighted by Crippen LogP contribution is -2.43. The predicted octanol–water partition coefficient (Wildman–Crippen LogP) is 0.658. The minimum absolute atomic E-state index is 0.285. The van der Waals surface area contributed by atoms with Crippen molar-refractivity contribution in [3.63, 3.8) is 0 Å². The second-order valence-electron chi connectivity index (χ2n) is 3.38. The van der Waals surface area contributed by atoms with E-state index in [2.05, 4.69) is 17.3 Å². The Morgan fingerprint density at radius 3 is 3.08 bits per heavy atom. The van der Waals surface area contributed by atoms with Gasteiger partial charge in [-0.1, -0.05) is 0 Å². The number of hydrogen-bond donors (Lipinski definition) is 2. The van der Waals surface area contributed by atoms with Crippen LogP contribution in [-0.2, 0) is 4.74 Å². The van der Waals surface area contributed by atoms with Gasteiger partial charge in [0.1, 0.15) is 0 Å². The van der Waals surface area contributed by atoms with E-state index in [0.29, 0.717) is 5.92 Å². The molecule has 1 heterocycles. The molecule has 3 nitrogen and oxygen atoms in total. The van der Waals surface area contributed by atoms with Crippen LogP contribution >= 0.6 is 0 Å². The lowest BCUT2D eigenvalue weighted by Gasteiger charge is -2.28. The van der Waals surface area contributed by atoms with Gasteiger partial charge in [0, 0.05) is 19.1 Å². The summed E-state index contributed by atoms with van der Waals surface area (Å²) in [5.74, 6) is 11.9. The molecule has 1 rings (SSSR count). The van der Waals surface area contributed by atoms with Gasteiger partial charge >= 0.3 is 0 Å². The van der Waals surface area contributed by atoms with Crippen LogP contribution in [-0.4, -0.2) is 19.3 Å². The van der Waals surface area contributed by atoms with Gasteiger partial charge in [-0.15, -0.1) is 11.8 Å². The first kappa shape index (κ1) is 10.5. The monoisotopic (exact) mass is 182 g/mol. The second kappa shape index (κ2) is 5.98. The molecule has 0 bridgehead atoms. The second-order valence-corrected chi connectivity index (χ2v) is 3.38. The molecule has 0 amide bonds. The Bertz CT molecular complexity index is 189. The summed E-state index contributed by atoms with van der Waals surface area (Å²) in [5.41, 5.74) is 2.82. The van der Waals surface area contributed by atoms with Crippen LogP contribution in [0.15, 0.2) is 0 Å². The van der Waals surface area contributed by atoms with Crippen molar-refractivity contribution in [2.45, 2.75) is 32.2 Å². The van der Waals surface area contributed by atoms with Gasteiger partial charge in [0.2, 0.25) is 0 Å². The van der Waals surface area contributed by atoms with Crippen LogP contribution in [0.2, 0.25) is 0 Å². The number of nitrogens with one attached hydrogen (secondary N) is 1. The number of ether oxygens (including phenoxy) is 1. The van der Waals surface area contributed by atoms with E-state index in [4.69, 9.17) is 10.6 Å². The molecule has 0 aliphatic carbocycles. The highest BCUT2D eigenvalue weighted by Crippen LogP contribution is 2.18. The molecule has 0 saturated carbocycles. The van der Waals surface area contributed by atoms with Crippen molar-refractivity contribution >= 4 is 0 Å². The van der Waals surface area contributed by atoms with Gasteiger partial charge in [0.15, 0.2) is 0 Å². The smallest absolute Gasteiger partial charge is 0.0510 e. The van der Waals surface area contributed by atoms with Gasteiger partial charge in [-0.2, -0.15) is 0 Å². The molecular weight excluding hydrogens is 164 g/mol. The largest absolute Gasteiger partial charge is 0.381 e. The SMILES string of the molecule is CC#CCC(NN)C1CCCOC1. The van der Waals surface area contributed by atoms with Gasteiger partial charge < -0.3 is 4.74 Å². The molecule has 0 radical (unpaired) electrons. The van der Waals surface area contributed by atoms with Gasteiger partial charge in [-0.3, -0.25) is 11.3 Å². The maximum Gasteiger partial charge on any atom is 0.0510 e. The van der Waals surface area contributed by atoms with E-state index in [1.165, 1.54) is 6.42 Å². The zero-order chi connectivity index (χ0) is 9.52. The first-order valence-electron chi connectivity index (χ1n) is 4.82. The molecule has 1 fully saturated rings. The number of hydrogen-bond acceptors (Lipinski definition) is 3.